The summed E-state index contributed by atoms with van der Waals surface area (Å²) in [5, 5.41) is 0.767. The maximum atomic E-state index is 12.9. The molecule has 0 bridgehead atoms. The first kappa shape index (κ1) is 17.4. The summed E-state index contributed by atoms with van der Waals surface area (Å²) in [7, 11) is 0. The molecule has 1 unspecified atom stereocenters. The van der Waals surface area contributed by atoms with Crippen LogP contribution < -0.4 is 0 Å². The standard InChI is InChI=1S/C20H22ClNOS/c1-2-3-5-15-8-10-16(11-9-15)19(23)22-12-13-24-20(22)17-6-4-7-18(21)14-17/h4,6-11,14,20H,2-3,5,12-13H2,1H3. The third-order valence-corrected chi connectivity index (χ3v) is 5.80. The van der Waals surface area contributed by atoms with Crippen LogP contribution in [0.2, 0.25) is 5.02 Å². The lowest BCUT2D eigenvalue weighted by Crippen LogP contribution is -2.30. The SMILES string of the molecule is CCCCc1ccc(C(=O)N2CCSC2c2cccc(Cl)c2)cc1. The lowest BCUT2D eigenvalue weighted by Gasteiger charge is -2.24. The van der Waals surface area contributed by atoms with E-state index in [1.54, 1.807) is 11.8 Å². The molecule has 4 heteroatoms. The molecule has 1 aliphatic rings. The summed E-state index contributed by atoms with van der Waals surface area (Å²) in [6.45, 7) is 2.97. The molecule has 24 heavy (non-hydrogen) atoms. The highest BCUT2D eigenvalue weighted by Gasteiger charge is 2.31. The van der Waals surface area contributed by atoms with E-state index in [0.717, 1.165) is 29.8 Å². The molecule has 3 rings (SSSR count). The predicted octanol–water partition coefficient (Wildman–Crippen LogP) is 5.57. The summed E-state index contributed by atoms with van der Waals surface area (Å²) in [5.41, 5.74) is 3.17. The molecule has 0 spiro atoms. The van der Waals surface area contributed by atoms with Crippen molar-refractivity contribution < 1.29 is 4.79 Å². The monoisotopic (exact) mass is 359 g/mol. The number of thioether (sulfide) groups is 1. The van der Waals surface area contributed by atoms with E-state index in [2.05, 4.69) is 19.1 Å². The lowest BCUT2D eigenvalue weighted by molar-refractivity contribution is 0.0760. The van der Waals surface area contributed by atoms with Crippen LogP contribution in [-0.2, 0) is 6.42 Å². The van der Waals surface area contributed by atoms with Gasteiger partial charge in [0.25, 0.3) is 5.91 Å². The van der Waals surface area contributed by atoms with E-state index < -0.39 is 0 Å². The number of hydrogen-bond donors (Lipinski definition) is 0. The van der Waals surface area contributed by atoms with Crippen molar-refractivity contribution in [3.8, 4) is 0 Å². The lowest BCUT2D eigenvalue weighted by atomic mass is 10.1. The fourth-order valence-corrected chi connectivity index (χ4v) is 4.42. The number of carbonyl (C=O) groups excluding carboxylic acids is 1. The van der Waals surface area contributed by atoms with Gasteiger partial charge in [0.05, 0.1) is 0 Å². The van der Waals surface area contributed by atoms with Gasteiger partial charge in [-0.2, -0.15) is 0 Å². The third kappa shape index (κ3) is 3.96. The van der Waals surface area contributed by atoms with Crippen LogP contribution in [0.5, 0.6) is 0 Å². The van der Waals surface area contributed by atoms with Gasteiger partial charge in [-0.3, -0.25) is 4.79 Å². The molecule has 1 saturated heterocycles. The molecule has 0 aliphatic carbocycles. The van der Waals surface area contributed by atoms with Gasteiger partial charge in [-0.1, -0.05) is 49.2 Å². The number of amides is 1. The molecule has 1 amide bonds. The molecular formula is C20H22ClNOS. The second kappa shape index (κ2) is 8.09. The third-order valence-electron chi connectivity index (χ3n) is 4.31. The number of rotatable bonds is 5. The predicted molar refractivity (Wildman–Crippen MR) is 103 cm³/mol. The van der Waals surface area contributed by atoms with Crippen molar-refractivity contribution >= 4 is 29.3 Å². The maximum absolute atomic E-state index is 12.9. The Labute approximate surface area is 153 Å². The molecule has 1 atom stereocenters. The highest BCUT2D eigenvalue weighted by atomic mass is 35.5. The molecule has 2 aromatic carbocycles. The Kier molecular flexibility index (Phi) is 5.85. The second-order valence-electron chi connectivity index (χ2n) is 6.08. The molecule has 0 saturated carbocycles. The molecule has 2 nitrogen and oxygen atoms in total. The number of benzene rings is 2. The molecule has 0 aromatic heterocycles. The van der Waals surface area contributed by atoms with Gasteiger partial charge in [0.15, 0.2) is 0 Å². The average Bonchev–Trinajstić information content (AvgIpc) is 3.09. The topological polar surface area (TPSA) is 20.3 Å². The number of carbonyl (C=O) groups is 1. The van der Waals surface area contributed by atoms with Crippen molar-refractivity contribution in [3.05, 3.63) is 70.2 Å². The van der Waals surface area contributed by atoms with Gasteiger partial charge >= 0.3 is 0 Å². The van der Waals surface area contributed by atoms with Crippen molar-refractivity contribution in [3.63, 3.8) is 0 Å². The van der Waals surface area contributed by atoms with Crippen molar-refractivity contribution in [1.82, 2.24) is 4.90 Å². The fraction of sp³-hybridized carbons (Fsp3) is 0.350. The number of aryl methyl sites for hydroxylation is 1. The summed E-state index contributed by atoms with van der Waals surface area (Å²) in [6, 6.07) is 15.9. The number of halogens is 1. The van der Waals surface area contributed by atoms with Gasteiger partial charge in [0, 0.05) is 22.9 Å². The summed E-state index contributed by atoms with van der Waals surface area (Å²) in [5.74, 6) is 1.06. The van der Waals surface area contributed by atoms with E-state index in [1.807, 2.05) is 41.3 Å². The molecule has 1 heterocycles. The fourth-order valence-electron chi connectivity index (χ4n) is 2.98. The first-order chi connectivity index (χ1) is 11.7. The normalized spacial score (nSPS) is 17.2. The van der Waals surface area contributed by atoms with E-state index in [9.17, 15) is 4.79 Å². The van der Waals surface area contributed by atoms with Gasteiger partial charge in [0.1, 0.15) is 5.37 Å². The van der Waals surface area contributed by atoms with Crippen LogP contribution in [0.3, 0.4) is 0 Å². The van der Waals surface area contributed by atoms with Crippen LogP contribution in [0.15, 0.2) is 48.5 Å². The van der Waals surface area contributed by atoms with Crippen molar-refractivity contribution in [1.29, 1.82) is 0 Å². The summed E-state index contributed by atoms with van der Waals surface area (Å²) in [6.07, 6.45) is 3.45. The van der Waals surface area contributed by atoms with Gasteiger partial charge in [-0.25, -0.2) is 0 Å². The summed E-state index contributed by atoms with van der Waals surface area (Å²) < 4.78 is 0. The zero-order valence-corrected chi connectivity index (χ0v) is 15.4. The summed E-state index contributed by atoms with van der Waals surface area (Å²) in [4.78, 5) is 14.9. The van der Waals surface area contributed by atoms with Crippen LogP contribution in [0, 0.1) is 0 Å². The Morgan fingerprint density at radius 3 is 2.75 bits per heavy atom. The Bertz CT molecular complexity index is 701. The Morgan fingerprint density at radius 2 is 2.04 bits per heavy atom. The Hall–Kier alpha value is -1.45. The van der Waals surface area contributed by atoms with Crippen LogP contribution in [0.4, 0.5) is 0 Å². The van der Waals surface area contributed by atoms with Crippen molar-refractivity contribution in [2.24, 2.45) is 0 Å². The number of unbranched alkanes of at least 4 members (excludes halogenated alkanes) is 1. The first-order valence-corrected chi connectivity index (χ1v) is 9.88. The Morgan fingerprint density at radius 1 is 1.25 bits per heavy atom. The molecule has 1 fully saturated rings. The van der Waals surface area contributed by atoms with Crippen LogP contribution in [0.1, 0.15) is 46.6 Å². The zero-order valence-electron chi connectivity index (χ0n) is 13.9. The van der Waals surface area contributed by atoms with Crippen LogP contribution >= 0.6 is 23.4 Å². The molecule has 1 aliphatic heterocycles. The largest absolute Gasteiger partial charge is 0.322 e. The van der Waals surface area contributed by atoms with Gasteiger partial charge in [0.2, 0.25) is 0 Å². The zero-order chi connectivity index (χ0) is 16.9. The van der Waals surface area contributed by atoms with E-state index in [4.69, 9.17) is 11.6 Å². The molecule has 0 N–H and O–H groups in total. The van der Waals surface area contributed by atoms with E-state index in [-0.39, 0.29) is 11.3 Å². The van der Waals surface area contributed by atoms with Gasteiger partial charge < -0.3 is 4.90 Å². The van der Waals surface area contributed by atoms with Crippen LogP contribution in [0.25, 0.3) is 0 Å². The molecular weight excluding hydrogens is 338 g/mol. The van der Waals surface area contributed by atoms with Crippen LogP contribution in [-0.4, -0.2) is 23.1 Å². The average molecular weight is 360 g/mol. The highest BCUT2D eigenvalue weighted by molar-refractivity contribution is 7.99. The van der Waals surface area contributed by atoms with Gasteiger partial charge in [-0.15, -0.1) is 11.8 Å². The summed E-state index contributed by atoms with van der Waals surface area (Å²) >= 11 is 7.91. The second-order valence-corrected chi connectivity index (χ2v) is 7.70. The molecule has 126 valence electrons. The maximum Gasteiger partial charge on any atom is 0.255 e. The van der Waals surface area contributed by atoms with E-state index in [1.165, 1.54) is 18.4 Å². The minimum Gasteiger partial charge on any atom is -0.322 e. The van der Waals surface area contributed by atoms with Crippen molar-refractivity contribution in [2.75, 3.05) is 12.3 Å². The minimum absolute atomic E-state index is 0.0518. The molecule has 2 aromatic rings. The molecule has 0 radical (unpaired) electrons. The highest BCUT2D eigenvalue weighted by Crippen LogP contribution is 2.39. The smallest absolute Gasteiger partial charge is 0.255 e. The first-order valence-electron chi connectivity index (χ1n) is 8.46. The number of hydrogen-bond acceptors (Lipinski definition) is 2. The Balaban J connectivity index is 1.76. The van der Waals surface area contributed by atoms with E-state index >= 15 is 0 Å². The van der Waals surface area contributed by atoms with E-state index in [0.29, 0.717) is 5.02 Å². The van der Waals surface area contributed by atoms with Crippen molar-refractivity contribution in [2.45, 2.75) is 31.6 Å². The number of nitrogens with zero attached hydrogens (tertiary/aromatic N) is 1. The van der Waals surface area contributed by atoms with Gasteiger partial charge in [-0.05, 0) is 48.2 Å². The minimum atomic E-state index is 0.0518. The quantitative estimate of drug-likeness (QED) is 0.695.